The van der Waals surface area contributed by atoms with E-state index in [1.54, 1.807) is 30.9 Å². The minimum Gasteiger partial charge on any atom is -0.503 e. The van der Waals surface area contributed by atoms with Gasteiger partial charge in [-0.05, 0) is 18.6 Å². The molecule has 0 radical (unpaired) electrons. The number of rotatable bonds is 7. The maximum absolute atomic E-state index is 12.4. The van der Waals surface area contributed by atoms with Gasteiger partial charge in [0, 0.05) is 12.5 Å². The Bertz CT molecular complexity index is 571. The number of unbranched alkanes of at least 4 members (excludes halogenated alkanes) is 2. The summed E-state index contributed by atoms with van der Waals surface area (Å²) in [5.41, 5.74) is 0.159. The summed E-state index contributed by atoms with van der Waals surface area (Å²) in [7, 11) is 0. The molecule has 0 bridgehead atoms. The molecule has 120 valence electrons. The maximum atomic E-state index is 12.4. The zero-order valence-corrected chi connectivity index (χ0v) is 13.3. The zero-order valence-electron chi connectivity index (χ0n) is 13.3. The highest BCUT2D eigenvalue weighted by molar-refractivity contribution is 6.09. The second-order valence-electron chi connectivity index (χ2n) is 5.90. The average molecular weight is 305 g/mol. The number of carbonyl (C=O) groups excluding carboxylic acids is 2. The lowest BCUT2D eigenvalue weighted by Gasteiger charge is -2.25. The highest BCUT2D eigenvalue weighted by Gasteiger charge is 2.44. The SMILES string of the molecule is CCCCCN1C(=O)C(O)=C(C(=O)C(C)C)C1c1ccco1. The van der Waals surface area contributed by atoms with Crippen molar-refractivity contribution in [3.8, 4) is 0 Å². The van der Waals surface area contributed by atoms with Gasteiger partial charge >= 0.3 is 0 Å². The van der Waals surface area contributed by atoms with E-state index in [0.717, 1.165) is 19.3 Å². The van der Waals surface area contributed by atoms with E-state index in [9.17, 15) is 14.7 Å². The van der Waals surface area contributed by atoms with Crippen molar-refractivity contribution in [3.63, 3.8) is 0 Å². The van der Waals surface area contributed by atoms with E-state index in [0.29, 0.717) is 12.3 Å². The second-order valence-corrected chi connectivity index (χ2v) is 5.90. The number of nitrogens with zero attached hydrogens (tertiary/aromatic N) is 1. The van der Waals surface area contributed by atoms with Crippen LogP contribution in [0.3, 0.4) is 0 Å². The van der Waals surface area contributed by atoms with E-state index in [4.69, 9.17) is 4.42 Å². The summed E-state index contributed by atoms with van der Waals surface area (Å²) in [6.07, 6.45) is 4.36. The fraction of sp³-hybridized carbons (Fsp3) is 0.529. The van der Waals surface area contributed by atoms with Crippen LogP contribution in [0.15, 0.2) is 34.1 Å². The first-order valence-electron chi connectivity index (χ1n) is 7.80. The van der Waals surface area contributed by atoms with Crippen molar-refractivity contribution >= 4 is 11.7 Å². The predicted octanol–water partition coefficient (Wildman–Crippen LogP) is 3.39. The Morgan fingerprint density at radius 1 is 1.41 bits per heavy atom. The Morgan fingerprint density at radius 2 is 2.14 bits per heavy atom. The van der Waals surface area contributed by atoms with Crippen LogP contribution in [0.4, 0.5) is 0 Å². The molecule has 0 saturated carbocycles. The molecule has 22 heavy (non-hydrogen) atoms. The van der Waals surface area contributed by atoms with Crippen molar-refractivity contribution in [1.29, 1.82) is 0 Å². The summed E-state index contributed by atoms with van der Waals surface area (Å²) >= 11 is 0. The van der Waals surface area contributed by atoms with Crippen molar-refractivity contribution < 1.29 is 19.1 Å². The number of amides is 1. The summed E-state index contributed by atoms with van der Waals surface area (Å²) in [5.74, 6) is -0.917. The molecule has 0 aromatic carbocycles. The minimum atomic E-state index is -0.616. The molecule has 1 amide bonds. The smallest absolute Gasteiger partial charge is 0.290 e. The van der Waals surface area contributed by atoms with Crippen LogP contribution in [0.25, 0.3) is 0 Å². The molecule has 5 heteroatoms. The number of ketones is 1. The maximum Gasteiger partial charge on any atom is 0.290 e. The number of furan rings is 1. The topological polar surface area (TPSA) is 70.8 Å². The molecule has 1 aromatic heterocycles. The van der Waals surface area contributed by atoms with E-state index >= 15 is 0 Å². The van der Waals surface area contributed by atoms with Crippen LogP contribution in [-0.2, 0) is 9.59 Å². The molecule has 0 aliphatic carbocycles. The fourth-order valence-corrected chi connectivity index (χ4v) is 2.72. The third-order valence-electron chi connectivity index (χ3n) is 3.91. The van der Waals surface area contributed by atoms with E-state index in [2.05, 4.69) is 6.92 Å². The fourth-order valence-electron chi connectivity index (χ4n) is 2.72. The number of aliphatic hydroxyl groups is 1. The molecule has 1 aromatic rings. The van der Waals surface area contributed by atoms with Gasteiger partial charge in [-0.15, -0.1) is 0 Å². The van der Waals surface area contributed by atoms with Gasteiger partial charge in [-0.25, -0.2) is 0 Å². The van der Waals surface area contributed by atoms with Crippen LogP contribution < -0.4 is 0 Å². The van der Waals surface area contributed by atoms with Crippen molar-refractivity contribution in [3.05, 3.63) is 35.5 Å². The van der Waals surface area contributed by atoms with Crippen molar-refractivity contribution in [1.82, 2.24) is 4.90 Å². The number of aliphatic hydroxyl groups excluding tert-OH is 1. The second kappa shape index (κ2) is 6.81. The van der Waals surface area contributed by atoms with Gasteiger partial charge < -0.3 is 14.4 Å². The molecule has 1 aliphatic heterocycles. The van der Waals surface area contributed by atoms with Gasteiger partial charge in [0.1, 0.15) is 11.8 Å². The monoisotopic (exact) mass is 305 g/mol. The van der Waals surface area contributed by atoms with Gasteiger partial charge in [-0.1, -0.05) is 33.6 Å². The third kappa shape index (κ3) is 2.93. The first-order chi connectivity index (χ1) is 10.5. The molecular weight excluding hydrogens is 282 g/mol. The number of Topliss-reactive ketones (excluding diaryl/α,β-unsaturated/α-hetero) is 1. The lowest BCUT2D eigenvalue weighted by molar-refractivity contribution is -0.129. The van der Waals surface area contributed by atoms with Crippen LogP contribution in [0.2, 0.25) is 0 Å². The zero-order chi connectivity index (χ0) is 16.3. The van der Waals surface area contributed by atoms with Gasteiger partial charge in [-0.3, -0.25) is 9.59 Å². The summed E-state index contributed by atoms with van der Waals surface area (Å²) in [6.45, 7) is 6.09. The quantitative estimate of drug-likeness (QED) is 0.784. The molecule has 5 nitrogen and oxygen atoms in total. The Hall–Kier alpha value is -2.04. The molecule has 1 unspecified atom stereocenters. The van der Waals surface area contributed by atoms with Gasteiger partial charge in [0.25, 0.3) is 5.91 Å². The highest BCUT2D eigenvalue weighted by atomic mass is 16.3. The molecule has 1 atom stereocenters. The van der Waals surface area contributed by atoms with Gasteiger partial charge in [0.05, 0.1) is 11.8 Å². The summed E-state index contributed by atoms with van der Waals surface area (Å²) < 4.78 is 5.42. The van der Waals surface area contributed by atoms with Crippen molar-refractivity contribution in [2.24, 2.45) is 5.92 Å². The molecule has 1 aliphatic rings. The summed E-state index contributed by atoms with van der Waals surface area (Å²) in [4.78, 5) is 26.4. The van der Waals surface area contributed by atoms with E-state index in [-0.39, 0.29) is 17.3 Å². The van der Waals surface area contributed by atoms with Crippen LogP contribution in [0, 0.1) is 5.92 Å². The molecular formula is C17H23NO4. The van der Waals surface area contributed by atoms with Crippen LogP contribution in [0.1, 0.15) is 51.8 Å². The molecule has 1 N–H and O–H groups in total. The first kappa shape index (κ1) is 16.3. The van der Waals surface area contributed by atoms with Crippen LogP contribution in [0.5, 0.6) is 0 Å². The molecule has 0 fully saturated rings. The van der Waals surface area contributed by atoms with E-state index in [1.807, 2.05) is 0 Å². The lowest BCUT2D eigenvalue weighted by Crippen LogP contribution is -2.32. The predicted molar refractivity (Wildman–Crippen MR) is 82.2 cm³/mol. The number of hydrogen-bond donors (Lipinski definition) is 1. The third-order valence-corrected chi connectivity index (χ3v) is 3.91. The molecule has 0 saturated heterocycles. The molecule has 2 rings (SSSR count). The van der Waals surface area contributed by atoms with Gasteiger partial charge in [0.15, 0.2) is 11.5 Å². The Kier molecular flexibility index (Phi) is 5.06. The van der Waals surface area contributed by atoms with E-state index < -0.39 is 17.7 Å². The molecule has 0 spiro atoms. The van der Waals surface area contributed by atoms with E-state index in [1.165, 1.54) is 6.26 Å². The molecule has 2 heterocycles. The average Bonchev–Trinajstić information content (AvgIpc) is 3.08. The first-order valence-corrected chi connectivity index (χ1v) is 7.80. The van der Waals surface area contributed by atoms with Gasteiger partial charge in [-0.2, -0.15) is 0 Å². The van der Waals surface area contributed by atoms with Gasteiger partial charge in [0.2, 0.25) is 0 Å². The normalized spacial score (nSPS) is 18.6. The summed E-state index contributed by atoms with van der Waals surface area (Å²) in [5, 5.41) is 10.2. The van der Waals surface area contributed by atoms with Crippen LogP contribution >= 0.6 is 0 Å². The Balaban J connectivity index is 2.37. The Morgan fingerprint density at radius 3 is 2.68 bits per heavy atom. The van der Waals surface area contributed by atoms with Crippen LogP contribution in [-0.4, -0.2) is 28.2 Å². The van der Waals surface area contributed by atoms with Crippen molar-refractivity contribution in [2.75, 3.05) is 6.54 Å². The lowest BCUT2D eigenvalue weighted by atomic mass is 9.94. The van der Waals surface area contributed by atoms with Crippen molar-refractivity contribution in [2.45, 2.75) is 46.1 Å². The summed E-state index contributed by atoms with van der Waals surface area (Å²) in [6, 6.07) is 2.84. The number of carbonyl (C=O) groups is 2. The Labute approximate surface area is 130 Å². The highest BCUT2D eigenvalue weighted by Crippen LogP contribution is 2.39. The number of hydrogen-bond acceptors (Lipinski definition) is 4. The minimum absolute atomic E-state index is 0.159. The largest absolute Gasteiger partial charge is 0.503 e. The standard InChI is InChI=1S/C17H23NO4/c1-4-5-6-9-18-14(12-8-7-10-22-12)13(15(19)11(2)3)16(20)17(18)21/h7-8,10-11,14,20H,4-6,9H2,1-3H3.